The SMILES string of the molecule is CCOC(=O)c1ncc(Cc2ccc(F)cc2)cc1NCc1ccc(S(C)(=O)=O)cc1. The lowest BCUT2D eigenvalue weighted by molar-refractivity contribution is 0.0520. The summed E-state index contributed by atoms with van der Waals surface area (Å²) in [5.41, 5.74) is 3.26. The van der Waals surface area contributed by atoms with Crippen LogP contribution in [0.5, 0.6) is 0 Å². The Labute approximate surface area is 181 Å². The average Bonchev–Trinajstić information content (AvgIpc) is 2.74. The van der Waals surface area contributed by atoms with Crippen LogP contribution in [-0.2, 0) is 27.5 Å². The van der Waals surface area contributed by atoms with Crippen molar-refractivity contribution >= 4 is 21.5 Å². The van der Waals surface area contributed by atoms with Gasteiger partial charge in [0.2, 0.25) is 0 Å². The fraction of sp³-hybridized carbons (Fsp3) is 0.217. The van der Waals surface area contributed by atoms with Crippen LogP contribution in [0.25, 0.3) is 0 Å². The Morgan fingerprint density at radius 3 is 2.29 bits per heavy atom. The number of carbonyl (C=O) groups excluding carboxylic acids is 1. The summed E-state index contributed by atoms with van der Waals surface area (Å²) in [4.78, 5) is 16.8. The van der Waals surface area contributed by atoms with Crippen LogP contribution in [0.15, 0.2) is 65.7 Å². The van der Waals surface area contributed by atoms with E-state index in [1.54, 1.807) is 49.5 Å². The number of carbonyl (C=O) groups is 1. The van der Waals surface area contributed by atoms with Crippen molar-refractivity contribution in [3.8, 4) is 0 Å². The lowest BCUT2D eigenvalue weighted by atomic mass is 10.1. The molecule has 0 aliphatic rings. The number of pyridine rings is 1. The van der Waals surface area contributed by atoms with Gasteiger partial charge in [0, 0.05) is 19.0 Å². The first-order valence-electron chi connectivity index (χ1n) is 9.69. The highest BCUT2D eigenvalue weighted by molar-refractivity contribution is 7.90. The molecule has 0 aliphatic carbocycles. The van der Waals surface area contributed by atoms with Gasteiger partial charge in [-0.1, -0.05) is 24.3 Å². The highest BCUT2D eigenvalue weighted by Gasteiger charge is 2.16. The highest BCUT2D eigenvalue weighted by Crippen LogP contribution is 2.20. The van der Waals surface area contributed by atoms with Crippen molar-refractivity contribution in [3.05, 3.63) is 89.0 Å². The van der Waals surface area contributed by atoms with E-state index in [9.17, 15) is 17.6 Å². The van der Waals surface area contributed by atoms with Gasteiger partial charge < -0.3 is 10.1 Å². The van der Waals surface area contributed by atoms with Gasteiger partial charge in [-0.25, -0.2) is 22.6 Å². The second kappa shape index (κ2) is 9.70. The first-order valence-corrected chi connectivity index (χ1v) is 11.6. The zero-order valence-corrected chi connectivity index (χ0v) is 18.1. The molecule has 1 N–H and O–H groups in total. The zero-order valence-electron chi connectivity index (χ0n) is 17.3. The number of ether oxygens (including phenoxy) is 1. The number of benzene rings is 2. The normalized spacial score (nSPS) is 11.2. The Morgan fingerprint density at radius 2 is 1.68 bits per heavy atom. The van der Waals surface area contributed by atoms with E-state index < -0.39 is 15.8 Å². The molecule has 0 amide bonds. The van der Waals surface area contributed by atoms with E-state index in [0.29, 0.717) is 18.7 Å². The number of rotatable bonds is 8. The molecule has 2 aromatic carbocycles. The van der Waals surface area contributed by atoms with Crippen molar-refractivity contribution in [2.75, 3.05) is 18.2 Å². The number of nitrogens with zero attached hydrogens (tertiary/aromatic N) is 1. The fourth-order valence-corrected chi connectivity index (χ4v) is 3.62. The number of esters is 1. The standard InChI is InChI=1S/C23H23FN2O4S/c1-3-30-23(27)22-21(25-14-17-6-10-20(11-7-17)31(2,28)29)13-18(15-26-22)12-16-4-8-19(24)9-5-16/h4-11,13,15,25H,3,12,14H2,1-2H3. The van der Waals surface area contributed by atoms with Crippen LogP contribution < -0.4 is 5.32 Å². The summed E-state index contributed by atoms with van der Waals surface area (Å²) in [5.74, 6) is -0.838. The molecule has 8 heteroatoms. The maximum atomic E-state index is 13.1. The summed E-state index contributed by atoms with van der Waals surface area (Å²) in [5, 5.41) is 3.19. The summed E-state index contributed by atoms with van der Waals surface area (Å²) in [6, 6.07) is 14.5. The summed E-state index contributed by atoms with van der Waals surface area (Å²) < 4.78 is 41.5. The molecule has 0 unspecified atom stereocenters. The molecular weight excluding hydrogens is 419 g/mol. The molecule has 0 bridgehead atoms. The summed E-state index contributed by atoms with van der Waals surface area (Å²) in [7, 11) is -3.26. The van der Waals surface area contributed by atoms with E-state index in [1.807, 2.05) is 6.07 Å². The second-order valence-corrected chi connectivity index (χ2v) is 9.05. The Hall–Kier alpha value is -3.26. The number of hydrogen-bond donors (Lipinski definition) is 1. The van der Waals surface area contributed by atoms with Crippen molar-refractivity contribution in [2.24, 2.45) is 0 Å². The van der Waals surface area contributed by atoms with E-state index in [2.05, 4.69) is 10.3 Å². The van der Waals surface area contributed by atoms with E-state index in [-0.39, 0.29) is 23.0 Å². The number of aromatic nitrogens is 1. The van der Waals surface area contributed by atoms with Gasteiger partial charge in [0.15, 0.2) is 15.5 Å². The Balaban J connectivity index is 1.82. The second-order valence-electron chi connectivity index (χ2n) is 7.03. The van der Waals surface area contributed by atoms with Crippen molar-refractivity contribution < 1.29 is 22.3 Å². The molecule has 0 atom stereocenters. The molecule has 3 rings (SSSR count). The summed E-state index contributed by atoms with van der Waals surface area (Å²) in [6.45, 7) is 2.31. The van der Waals surface area contributed by atoms with Gasteiger partial charge in [-0.3, -0.25) is 0 Å². The Morgan fingerprint density at radius 1 is 1.03 bits per heavy atom. The molecule has 31 heavy (non-hydrogen) atoms. The molecule has 3 aromatic rings. The van der Waals surface area contributed by atoms with Crippen LogP contribution in [0.3, 0.4) is 0 Å². The number of sulfone groups is 1. The number of hydrogen-bond acceptors (Lipinski definition) is 6. The lowest BCUT2D eigenvalue weighted by Crippen LogP contribution is -2.13. The van der Waals surface area contributed by atoms with Crippen molar-refractivity contribution in [1.82, 2.24) is 4.98 Å². The topological polar surface area (TPSA) is 85.4 Å². The van der Waals surface area contributed by atoms with Crippen molar-refractivity contribution in [3.63, 3.8) is 0 Å². The van der Waals surface area contributed by atoms with Gasteiger partial charge in [-0.15, -0.1) is 0 Å². The minimum atomic E-state index is -3.26. The van der Waals surface area contributed by atoms with E-state index >= 15 is 0 Å². The quantitative estimate of drug-likeness (QED) is 0.531. The van der Waals surface area contributed by atoms with Crippen LogP contribution in [0.2, 0.25) is 0 Å². The minimum absolute atomic E-state index is 0.164. The number of nitrogens with one attached hydrogen (secondary N) is 1. The van der Waals surface area contributed by atoms with Crippen LogP contribution in [0, 0.1) is 5.82 Å². The molecule has 0 saturated heterocycles. The predicted molar refractivity (Wildman–Crippen MR) is 116 cm³/mol. The zero-order chi connectivity index (χ0) is 22.4. The van der Waals surface area contributed by atoms with Crippen LogP contribution >= 0.6 is 0 Å². The van der Waals surface area contributed by atoms with Gasteiger partial charge in [0.05, 0.1) is 17.2 Å². The molecule has 0 aliphatic heterocycles. The molecule has 1 aromatic heterocycles. The largest absolute Gasteiger partial charge is 0.461 e. The first kappa shape index (κ1) is 22.4. The first-order chi connectivity index (χ1) is 14.8. The van der Waals surface area contributed by atoms with Crippen LogP contribution in [0.4, 0.5) is 10.1 Å². The number of halogens is 1. The van der Waals surface area contributed by atoms with E-state index in [0.717, 1.165) is 22.9 Å². The summed E-state index contributed by atoms with van der Waals surface area (Å²) >= 11 is 0. The molecule has 0 radical (unpaired) electrons. The predicted octanol–water partition coefficient (Wildman–Crippen LogP) is 4.00. The van der Waals surface area contributed by atoms with Crippen molar-refractivity contribution in [1.29, 1.82) is 0 Å². The highest BCUT2D eigenvalue weighted by atomic mass is 32.2. The lowest BCUT2D eigenvalue weighted by Gasteiger charge is -2.13. The van der Waals surface area contributed by atoms with Gasteiger partial charge in [-0.2, -0.15) is 0 Å². The van der Waals surface area contributed by atoms with E-state index in [4.69, 9.17) is 4.74 Å². The molecular formula is C23H23FN2O4S. The Kier molecular flexibility index (Phi) is 7.02. The molecule has 162 valence electrons. The molecule has 6 nitrogen and oxygen atoms in total. The third-order valence-electron chi connectivity index (χ3n) is 4.57. The third-order valence-corrected chi connectivity index (χ3v) is 5.70. The summed E-state index contributed by atoms with van der Waals surface area (Å²) in [6.07, 6.45) is 3.28. The maximum absolute atomic E-state index is 13.1. The third kappa shape index (κ3) is 6.11. The van der Waals surface area contributed by atoms with Gasteiger partial charge in [-0.05, 0) is 60.4 Å². The monoisotopic (exact) mass is 442 g/mol. The van der Waals surface area contributed by atoms with Gasteiger partial charge in [0.25, 0.3) is 0 Å². The van der Waals surface area contributed by atoms with Crippen LogP contribution in [0.1, 0.15) is 34.1 Å². The van der Waals surface area contributed by atoms with Gasteiger partial charge in [0.1, 0.15) is 5.82 Å². The molecule has 0 saturated carbocycles. The maximum Gasteiger partial charge on any atom is 0.359 e. The average molecular weight is 443 g/mol. The molecule has 0 fully saturated rings. The fourth-order valence-electron chi connectivity index (χ4n) is 2.99. The molecule has 0 spiro atoms. The van der Waals surface area contributed by atoms with Crippen molar-refractivity contribution in [2.45, 2.75) is 24.8 Å². The number of anilines is 1. The van der Waals surface area contributed by atoms with Gasteiger partial charge >= 0.3 is 5.97 Å². The smallest absolute Gasteiger partial charge is 0.359 e. The minimum Gasteiger partial charge on any atom is -0.461 e. The molecule has 1 heterocycles. The van der Waals surface area contributed by atoms with E-state index in [1.165, 1.54) is 12.1 Å². The van der Waals surface area contributed by atoms with Crippen LogP contribution in [-0.4, -0.2) is 32.2 Å². The Bertz CT molecular complexity index is 1160.